The van der Waals surface area contributed by atoms with Crippen LogP contribution >= 0.6 is 11.3 Å². The van der Waals surface area contributed by atoms with Gasteiger partial charge in [-0.25, -0.2) is 4.98 Å². The van der Waals surface area contributed by atoms with Gasteiger partial charge in [0.15, 0.2) is 0 Å². The van der Waals surface area contributed by atoms with E-state index in [0.717, 1.165) is 25.4 Å². The molecule has 2 unspecified atom stereocenters. The monoisotopic (exact) mass is 298 g/mol. The van der Waals surface area contributed by atoms with E-state index >= 15 is 0 Å². The van der Waals surface area contributed by atoms with Crippen molar-refractivity contribution in [3.05, 3.63) is 11.1 Å². The molecule has 1 aliphatic rings. The Hall–Kier alpha value is -1.14. The fourth-order valence-electron chi connectivity index (χ4n) is 1.70. The normalized spacial score (nSPS) is 18.6. The lowest BCUT2D eigenvalue weighted by molar-refractivity contribution is 0.0956. The number of carbonyl (C=O) groups excluding carboxylic acids is 1. The van der Waals surface area contributed by atoms with E-state index in [1.807, 2.05) is 0 Å². The summed E-state index contributed by atoms with van der Waals surface area (Å²) in [5.74, 6) is 0.657. The molecule has 1 aromatic rings. The highest BCUT2D eigenvalue weighted by molar-refractivity contribution is 7.15. The number of nitrogens with zero attached hydrogens (tertiary/aromatic N) is 1. The summed E-state index contributed by atoms with van der Waals surface area (Å²) in [7, 11) is 0. The number of epoxide rings is 1. The first kappa shape index (κ1) is 15.3. The molecule has 0 radical (unpaired) electrons. The molecule has 1 fully saturated rings. The van der Waals surface area contributed by atoms with Crippen molar-refractivity contribution in [1.29, 1.82) is 0 Å². The molecule has 5 nitrogen and oxygen atoms in total. The molecule has 1 N–H and O–H groups in total. The molecule has 112 valence electrons. The second kappa shape index (κ2) is 7.59. The lowest BCUT2D eigenvalue weighted by atomic mass is 10.0. The van der Waals surface area contributed by atoms with Gasteiger partial charge in [-0.1, -0.05) is 31.6 Å². The van der Waals surface area contributed by atoms with E-state index < -0.39 is 0 Å². The van der Waals surface area contributed by atoms with Crippen molar-refractivity contribution < 1.29 is 14.3 Å². The van der Waals surface area contributed by atoms with Crippen LogP contribution in [0.4, 0.5) is 0 Å². The number of amides is 1. The third kappa shape index (κ3) is 5.09. The highest BCUT2D eigenvalue weighted by Crippen LogP contribution is 2.22. The molecule has 2 atom stereocenters. The molecular weight excluding hydrogens is 276 g/mol. The average Bonchev–Trinajstić information content (AvgIpc) is 3.17. The predicted molar refractivity (Wildman–Crippen MR) is 78.4 cm³/mol. The summed E-state index contributed by atoms with van der Waals surface area (Å²) in [6, 6.07) is 0. The molecule has 1 saturated heterocycles. The number of aromatic nitrogens is 1. The number of nitrogens with one attached hydrogen (secondary N) is 1. The van der Waals surface area contributed by atoms with Crippen LogP contribution in [0, 0.1) is 5.92 Å². The maximum Gasteiger partial charge on any atom is 0.273 e. The molecule has 2 heterocycles. The van der Waals surface area contributed by atoms with Gasteiger partial charge in [-0.15, -0.1) is 0 Å². The summed E-state index contributed by atoms with van der Waals surface area (Å²) < 4.78 is 10.5. The van der Waals surface area contributed by atoms with E-state index in [1.54, 1.807) is 6.20 Å². The van der Waals surface area contributed by atoms with Gasteiger partial charge in [0.2, 0.25) is 0 Å². The lowest BCUT2D eigenvalue weighted by Gasteiger charge is -2.08. The van der Waals surface area contributed by atoms with Crippen molar-refractivity contribution in [2.75, 3.05) is 19.8 Å². The van der Waals surface area contributed by atoms with Crippen LogP contribution in [0.15, 0.2) is 6.20 Å². The van der Waals surface area contributed by atoms with Gasteiger partial charge in [-0.05, 0) is 18.8 Å². The van der Waals surface area contributed by atoms with E-state index in [2.05, 4.69) is 24.1 Å². The summed E-state index contributed by atoms with van der Waals surface area (Å²) in [4.78, 5) is 16.6. The molecule has 0 aromatic carbocycles. The Balaban J connectivity index is 1.66. The van der Waals surface area contributed by atoms with Gasteiger partial charge >= 0.3 is 0 Å². The van der Waals surface area contributed by atoms with E-state index in [-0.39, 0.29) is 12.0 Å². The van der Waals surface area contributed by atoms with Gasteiger partial charge in [0.1, 0.15) is 17.6 Å². The zero-order valence-corrected chi connectivity index (χ0v) is 12.9. The zero-order chi connectivity index (χ0) is 14.4. The number of hydrogen-bond donors (Lipinski definition) is 1. The van der Waals surface area contributed by atoms with Gasteiger partial charge < -0.3 is 14.8 Å². The summed E-state index contributed by atoms with van der Waals surface area (Å²) in [5.41, 5.74) is 0. The molecule has 1 aromatic heterocycles. The number of ether oxygens (including phenoxy) is 2. The van der Waals surface area contributed by atoms with Gasteiger partial charge in [0.05, 0.1) is 12.8 Å². The summed E-state index contributed by atoms with van der Waals surface area (Å²) >= 11 is 1.28. The number of hydrogen-bond acceptors (Lipinski definition) is 5. The Labute approximate surface area is 123 Å². The molecule has 1 amide bonds. The minimum Gasteiger partial charge on any atom is -0.467 e. The average molecular weight is 298 g/mol. The maximum absolute atomic E-state index is 11.9. The Bertz CT molecular complexity index is 432. The first-order valence-corrected chi connectivity index (χ1v) is 7.99. The molecule has 0 bridgehead atoms. The molecule has 0 saturated carbocycles. The number of rotatable bonds is 9. The second-order valence-corrected chi connectivity index (χ2v) is 6.16. The smallest absolute Gasteiger partial charge is 0.273 e. The summed E-state index contributed by atoms with van der Waals surface area (Å²) in [6.07, 6.45) is 5.13. The second-order valence-electron chi connectivity index (χ2n) is 5.17. The van der Waals surface area contributed by atoms with Crippen molar-refractivity contribution in [2.24, 2.45) is 5.92 Å². The van der Waals surface area contributed by atoms with Crippen LogP contribution in [0.1, 0.15) is 42.8 Å². The van der Waals surface area contributed by atoms with Crippen LogP contribution in [-0.4, -0.2) is 36.8 Å². The van der Waals surface area contributed by atoms with Crippen molar-refractivity contribution in [1.82, 2.24) is 10.3 Å². The maximum atomic E-state index is 11.9. The molecule has 0 spiro atoms. The van der Waals surface area contributed by atoms with Crippen LogP contribution in [0.5, 0.6) is 5.19 Å². The van der Waals surface area contributed by atoms with Crippen LogP contribution in [0.25, 0.3) is 0 Å². The minimum absolute atomic E-state index is 0.0656. The quantitative estimate of drug-likeness (QED) is 0.562. The first-order valence-electron chi connectivity index (χ1n) is 7.17. The van der Waals surface area contributed by atoms with Gasteiger partial charge in [0.25, 0.3) is 11.1 Å². The van der Waals surface area contributed by atoms with Crippen LogP contribution in [0.3, 0.4) is 0 Å². The molecule has 6 heteroatoms. The van der Waals surface area contributed by atoms with E-state index in [9.17, 15) is 4.79 Å². The highest BCUT2D eigenvalue weighted by Gasteiger charge is 2.23. The molecule has 2 rings (SSSR count). The van der Waals surface area contributed by atoms with Crippen LogP contribution in [-0.2, 0) is 4.74 Å². The van der Waals surface area contributed by atoms with Crippen molar-refractivity contribution >= 4 is 17.2 Å². The van der Waals surface area contributed by atoms with E-state index in [4.69, 9.17) is 9.47 Å². The number of thiazole rings is 1. The molecule has 0 aliphatic carbocycles. The highest BCUT2D eigenvalue weighted by atomic mass is 32.1. The van der Waals surface area contributed by atoms with Crippen LogP contribution < -0.4 is 10.1 Å². The Morgan fingerprint density at radius 3 is 3.20 bits per heavy atom. The fraction of sp³-hybridized carbons (Fsp3) is 0.714. The molecule has 1 aliphatic heterocycles. The van der Waals surface area contributed by atoms with Gasteiger partial charge in [0, 0.05) is 6.54 Å². The molecular formula is C14H22N2O3S. The minimum atomic E-state index is -0.0656. The first-order chi connectivity index (χ1) is 9.69. The van der Waals surface area contributed by atoms with E-state index in [1.165, 1.54) is 17.8 Å². The van der Waals surface area contributed by atoms with Crippen molar-refractivity contribution in [2.45, 2.75) is 39.2 Å². The SMILES string of the molecule is CCC(C)CCCNC(=O)c1cnc(OCC2CO2)s1. The summed E-state index contributed by atoms with van der Waals surface area (Å²) in [6.45, 7) is 6.42. The lowest BCUT2D eigenvalue weighted by Crippen LogP contribution is -2.23. The molecule has 20 heavy (non-hydrogen) atoms. The van der Waals surface area contributed by atoms with Crippen molar-refractivity contribution in [3.63, 3.8) is 0 Å². The Kier molecular flexibility index (Phi) is 5.79. The summed E-state index contributed by atoms with van der Waals surface area (Å²) in [5, 5.41) is 3.45. The largest absolute Gasteiger partial charge is 0.467 e. The van der Waals surface area contributed by atoms with E-state index in [0.29, 0.717) is 23.2 Å². The van der Waals surface area contributed by atoms with Gasteiger partial charge in [-0.2, -0.15) is 0 Å². The predicted octanol–water partition coefficient (Wildman–Crippen LogP) is 2.48. The number of carbonyl (C=O) groups is 1. The topological polar surface area (TPSA) is 63.8 Å². The Morgan fingerprint density at radius 2 is 2.50 bits per heavy atom. The fourth-order valence-corrected chi connectivity index (χ4v) is 2.39. The Morgan fingerprint density at radius 1 is 1.70 bits per heavy atom. The van der Waals surface area contributed by atoms with Gasteiger partial charge in [-0.3, -0.25) is 4.79 Å². The van der Waals surface area contributed by atoms with Crippen molar-refractivity contribution in [3.8, 4) is 5.19 Å². The van der Waals surface area contributed by atoms with Crippen LogP contribution in [0.2, 0.25) is 0 Å². The zero-order valence-electron chi connectivity index (χ0n) is 12.1. The third-order valence-electron chi connectivity index (χ3n) is 3.36. The third-order valence-corrected chi connectivity index (χ3v) is 4.27. The standard InChI is InChI=1S/C14H22N2O3S/c1-3-10(2)5-4-6-15-13(17)12-7-16-14(20-12)19-9-11-8-18-11/h7,10-11H,3-6,8-9H2,1-2H3,(H,15,17).